The highest BCUT2D eigenvalue weighted by molar-refractivity contribution is 7.11. The summed E-state index contributed by atoms with van der Waals surface area (Å²) in [4.78, 5) is 16.2. The van der Waals surface area contributed by atoms with Gasteiger partial charge in [-0.05, 0) is 42.3 Å². The quantitative estimate of drug-likeness (QED) is 0.481. The zero-order valence-electron chi connectivity index (χ0n) is 17.6. The van der Waals surface area contributed by atoms with Crippen LogP contribution in [0.25, 0.3) is 0 Å². The number of ether oxygens (including phenoxy) is 2. The summed E-state index contributed by atoms with van der Waals surface area (Å²) in [6.45, 7) is 0.891. The van der Waals surface area contributed by atoms with Crippen molar-refractivity contribution in [2.45, 2.75) is 49.9 Å². The molecule has 0 saturated carbocycles. The highest BCUT2D eigenvalue weighted by Gasteiger charge is 2.50. The highest BCUT2D eigenvalue weighted by Crippen LogP contribution is 2.47. The molecule has 2 fully saturated rings. The van der Waals surface area contributed by atoms with Crippen molar-refractivity contribution in [1.29, 1.82) is 0 Å². The van der Waals surface area contributed by atoms with E-state index in [1.807, 2.05) is 35.7 Å². The number of esters is 1. The SMILES string of the molecule is COc1ccccc1[C@H]1C[C@H]2CC[C@@H]([C@H]1OC(=O)c1cccs1)N2Cc1ccccc1. The topological polar surface area (TPSA) is 38.8 Å². The molecule has 0 radical (unpaired) electrons. The third kappa shape index (κ3) is 4.00. The first-order chi connectivity index (χ1) is 15.2. The van der Waals surface area contributed by atoms with Crippen molar-refractivity contribution in [2.75, 3.05) is 7.11 Å². The second-order valence-corrected chi connectivity index (χ2v) is 9.34. The summed E-state index contributed by atoms with van der Waals surface area (Å²) in [7, 11) is 1.71. The van der Waals surface area contributed by atoms with Gasteiger partial charge >= 0.3 is 5.97 Å². The Labute approximate surface area is 187 Å². The number of fused-ring (bicyclic) bond motifs is 2. The zero-order valence-corrected chi connectivity index (χ0v) is 18.5. The Bertz CT molecular complexity index is 1020. The normalized spacial score (nSPS) is 25.3. The summed E-state index contributed by atoms with van der Waals surface area (Å²) in [5.74, 6) is 0.787. The molecule has 0 spiro atoms. The number of carbonyl (C=O) groups is 1. The van der Waals surface area contributed by atoms with Gasteiger partial charge in [0.15, 0.2) is 0 Å². The predicted octanol–water partition coefficient (Wildman–Crippen LogP) is 5.50. The maximum absolute atomic E-state index is 13.0. The minimum atomic E-state index is -0.218. The average molecular weight is 434 g/mol. The van der Waals surface area contributed by atoms with Crippen LogP contribution in [0.2, 0.25) is 0 Å². The monoisotopic (exact) mass is 433 g/mol. The molecule has 2 aliphatic heterocycles. The molecule has 0 N–H and O–H groups in total. The number of piperidine rings is 1. The molecular formula is C26H27NO3S. The molecule has 5 rings (SSSR count). The van der Waals surface area contributed by atoms with Crippen molar-refractivity contribution in [1.82, 2.24) is 4.90 Å². The fourth-order valence-corrected chi connectivity index (χ4v) is 5.93. The van der Waals surface area contributed by atoms with Gasteiger partial charge in [-0.25, -0.2) is 4.79 Å². The van der Waals surface area contributed by atoms with Gasteiger partial charge in [0, 0.05) is 30.1 Å². The van der Waals surface area contributed by atoms with Gasteiger partial charge in [-0.2, -0.15) is 0 Å². The molecule has 1 aromatic heterocycles. The maximum atomic E-state index is 13.0. The van der Waals surface area contributed by atoms with Gasteiger partial charge < -0.3 is 9.47 Å². The molecule has 160 valence electrons. The van der Waals surface area contributed by atoms with Gasteiger partial charge in [0.05, 0.1) is 7.11 Å². The van der Waals surface area contributed by atoms with Crippen LogP contribution in [0.3, 0.4) is 0 Å². The van der Waals surface area contributed by atoms with E-state index in [2.05, 4.69) is 41.3 Å². The number of methoxy groups -OCH3 is 1. The summed E-state index contributed by atoms with van der Waals surface area (Å²) in [6, 6.07) is 23.2. The molecule has 4 nitrogen and oxygen atoms in total. The smallest absolute Gasteiger partial charge is 0.348 e. The van der Waals surface area contributed by atoms with E-state index in [1.54, 1.807) is 7.11 Å². The number of nitrogens with zero attached hydrogens (tertiary/aromatic N) is 1. The Balaban J connectivity index is 1.48. The highest BCUT2D eigenvalue weighted by atomic mass is 32.1. The number of benzene rings is 2. The van der Waals surface area contributed by atoms with Crippen LogP contribution in [0.4, 0.5) is 0 Å². The van der Waals surface area contributed by atoms with Crippen LogP contribution in [0.5, 0.6) is 5.75 Å². The lowest BCUT2D eigenvalue weighted by atomic mass is 9.81. The minimum absolute atomic E-state index is 0.129. The van der Waals surface area contributed by atoms with Crippen molar-refractivity contribution in [3.8, 4) is 5.75 Å². The van der Waals surface area contributed by atoms with Crippen LogP contribution in [0.1, 0.15) is 46.0 Å². The molecule has 2 aromatic carbocycles. The van der Waals surface area contributed by atoms with Crippen LogP contribution in [-0.4, -0.2) is 36.2 Å². The Morgan fingerprint density at radius 1 is 1.03 bits per heavy atom. The molecule has 0 amide bonds. The van der Waals surface area contributed by atoms with Crippen molar-refractivity contribution >= 4 is 17.3 Å². The van der Waals surface area contributed by atoms with Crippen molar-refractivity contribution in [3.05, 3.63) is 88.1 Å². The molecule has 31 heavy (non-hydrogen) atoms. The van der Waals surface area contributed by atoms with Gasteiger partial charge in [-0.15, -0.1) is 11.3 Å². The van der Waals surface area contributed by atoms with Gasteiger partial charge in [0.2, 0.25) is 0 Å². The summed E-state index contributed by atoms with van der Waals surface area (Å²) in [6.07, 6.45) is 2.95. The van der Waals surface area contributed by atoms with E-state index in [1.165, 1.54) is 16.9 Å². The summed E-state index contributed by atoms with van der Waals surface area (Å²) < 4.78 is 12.0. The Morgan fingerprint density at radius 3 is 2.61 bits per heavy atom. The van der Waals surface area contributed by atoms with E-state index in [-0.39, 0.29) is 24.0 Å². The molecule has 5 heteroatoms. The van der Waals surface area contributed by atoms with Crippen molar-refractivity contribution < 1.29 is 14.3 Å². The number of thiophene rings is 1. The van der Waals surface area contributed by atoms with Crippen LogP contribution >= 0.6 is 11.3 Å². The van der Waals surface area contributed by atoms with E-state index in [9.17, 15) is 4.79 Å². The van der Waals surface area contributed by atoms with E-state index in [0.29, 0.717) is 10.9 Å². The second kappa shape index (κ2) is 8.85. The zero-order chi connectivity index (χ0) is 21.2. The molecule has 3 aromatic rings. The third-order valence-corrected chi connectivity index (χ3v) is 7.55. The van der Waals surface area contributed by atoms with Gasteiger partial charge in [-0.1, -0.05) is 54.6 Å². The first-order valence-corrected chi connectivity index (χ1v) is 11.8. The largest absolute Gasteiger partial charge is 0.496 e. The Kier molecular flexibility index (Phi) is 5.79. The second-order valence-electron chi connectivity index (χ2n) is 8.39. The van der Waals surface area contributed by atoms with Crippen LogP contribution < -0.4 is 4.74 Å². The lowest BCUT2D eigenvalue weighted by Crippen LogP contribution is -2.52. The van der Waals surface area contributed by atoms with Gasteiger partial charge in [-0.3, -0.25) is 4.90 Å². The molecule has 2 saturated heterocycles. The Morgan fingerprint density at radius 2 is 1.84 bits per heavy atom. The van der Waals surface area contributed by atoms with E-state index in [0.717, 1.165) is 37.1 Å². The van der Waals surface area contributed by atoms with Crippen LogP contribution in [-0.2, 0) is 11.3 Å². The maximum Gasteiger partial charge on any atom is 0.348 e. The predicted molar refractivity (Wildman–Crippen MR) is 123 cm³/mol. The summed E-state index contributed by atoms with van der Waals surface area (Å²) >= 11 is 1.43. The molecule has 0 aliphatic carbocycles. The fraction of sp³-hybridized carbons (Fsp3) is 0.346. The number of para-hydroxylation sites is 1. The van der Waals surface area contributed by atoms with E-state index < -0.39 is 0 Å². The lowest BCUT2D eigenvalue weighted by molar-refractivity contribution is -0.0342. The minimum Gasteiger partial charge on any atom is -0.496 e. The van der Waals surface area contributed by atoms with E-state index >= 15 is 0 Å². The Hall–Kier alpha value is -2.63. The molecule has 0 unspecified atom stereocenters. The molecule has 3 heterocycles. The van der Waals surface area contributed by atoms with Gasteiger partial charge in [0.1, 0.15) is 16.7 Å². The first-order valence-electron chi connectivity index (χ1n) is 10.9. The molecular weight excluding hydrogens is 406 g/mol. The number of hydrogen-bond donors (Lipinski definition) is 0. The standard InChI is InChI=1S/C26H27NO3S/c1-29-23-11-6-5-10-20(23)21-16-19-13-14-22(27(19)17-18-8-3-2-4-9-18)25(21)30-26(28)24-12-7-15-31-24/h2-12,15,19,21-22,25H,13-14,16-17H2,1H3/t19-,21-,22+,25+/m1/s1. The number of carbonyl (C=O) groups excluding carboxylic acids is 1. The number of rotatable bonds is 6. The fourth-order valence-electron chi connectivity index (χ4n) is 5.32. The summed E-state index contributed by atoms with van der Waals surface area (Å²) in [5.41, 5.74) is 2.45. The summed E-state index contributed by atoms with van der Waals surface area (Å²) in [5, 5.41) is 1.92. The molecule has 4 atom stereocenters. The van der Waals surface area contributed by atoms with Gasteiger partial charge in [0.25, 0.3) is 0 Å². The van der Waals surface area contributed by atoms with Crippen LogP contribution in [0, 0.1) is 0 Å². The molecule has 2 bridgehead atoms. The first kappa shape index (κ1) is 20.3. The van der Waals surface area contributed by atoms with Crippen LogP contribution in [0.15, 0.2) is 72.1 Å². The van der Waals surface area contributed by atoms with Crippen molar-refractivity contribution in [3.63, 3.8) is 0 Å². The van der Waals surface area contributed by atoms with E-state index in [4.69, 9.17) is 9.47 Å². The third-order valence-electron chi connectivity index (χ3n) is 6.70. The lowest BCUT2D eigenvalue weighted by Gasteiger charge is -2.44. The average Bonchev–Trinajstić information content (AvgIpc) is 3.44. The number of hydrogen-bond acceptors (Lipinski definition) is 5. The molecule has 2 aliphatic rings. The van der Waals surface area contributed by atoms with Crippen molar-refractivity contribution in [2.24, 2.45) is 0 Å².